The number of thiazole rings is 1. The number of rotatable bonds is 6. The molecule has 0 bridgehead atoms. The Hall–Kier alpha value is -2.78. The van der Waals surface area contributed by atoms with Gasteiger partial charge in [0.2, 0.25) is 0 Å². The monoisotopic (exact) mass is 423 g/mol. The van der Waals surface area contributed by atoms with Gasteiger partial charge in [-0.25, -0.2) is 9.37 Å². The quantitative estimate of drug-likeness (QED) is 0.595. The van der Waals surface area contributed by atoms with E-state index in [9.17, 15) is 14.0 Å². The fourth-order valence-electron chi connectivity index (χ4n) is 2.50. The van der Waals surface area contributed by atoms with Crippen molar-refractivity contribution >= 4 is 39.9 Å². The summed E-state index contributed by atoms with van der Waals surface area (Å²) >= 11 is 7.23. The number of benzene rings is 1. The van der Waals surface area contributed by atoms with Crippen molar-refractivity contribution in [3.63, 3.8) is 0 Å². The molecule has 0 atom stereocenters. The fourth-order valence-corrected chi connectivity index (χ4v) is 3.46. The van der Waals surface area contributed by atoms with Crippen molar-refractivity contribution in [2.75, 3.05) is 11.9 Å². The fraction of sp³-hybridized carbons (Fsp3) is 0.222. The molecule has 0 spiro atoms. The normalized spacial score (nSPS) is 10.7. The van der Waals surface area contributed by atoms with Crippen LogP contribution in [0, 0.1) is 12.7 Å². The lowest BCUT2D eigenvalue weighted by Gasteiger charge is -2.05. The minimum atomic E-state index is -0.624. The second kappa shape index (κ2) is 8.49. The number of halogens is 2. The number of carbonyl (C=O) groups excluding carboxylic acids is 2. The molecule has 28 heavy (non-hydrogen) atoms. The zero-order valence-corrected chi connectivity index (χ0v) is 16.5. The summed E-state index contributed by atoms with van der Waals surface area (Å²) in [5, 5.41) is 8.43. The number of ether oxygens (including phenoxy) is 1. The standard InChI is InChI=1S/C18H15ClFN3O4S/c1-3-26-13(24)7-10-8-28-18(21-10)22-17(25)14-9(2)27-23-16(14)15-11(19)5-4-6-12(15)20/h4-6,8H,3,7H2,1-2H3,(H,21,22,25). The largest absolute Gasteiger partial charge is 0.466 e. The summed E-state index contributed by atoms with van der Waals surface area (Å²) in [5.74, 6) is -1.40. The molecule has 0 saturated heterocycles. The van der Waals surface area contributed by atoms with E-state index < -0.39 is 17.7 Å². The molecule has 1 amide bonds. The topological polar surface area (TPSA) is 94.3 Å². The third-order valence-electron chi connectivity index (χ3n) is 3.69. The number of nitrogens with one attached hydrogen (secondary N) is 1. The molecule has 0 aliphatic rings. The van der Waals surface area contributed by atoms with Crippen LogP contribution >= 0.6 is 22.9 Å². The molecule has 2 heterocycles. The molecule has 1 aromatic carbocycles. The number of nitrogens with zero attached hydrogens (tertiary/aromatic N) is 2. The Kier molecular flexibility index (Phi) is 6.05. The molecule has 0 aliphatic carbocycles. The van der Waals surface area contributed by atoms with E-state index in [1.54, 1.807) is 12.3 Å². The molecule has 0 unspecified atom stereocenters. The van der Waals surface area contributed by atoms with Crippen molar-refractivity contribution in [1.82, 2.24) is 10.1 Å². The smallest absolute Gasteiger partial charge is 0.311 e. The van der Waals surface area contributed by atoms with E-state index in [-0.39, 0.29) is 45.8 Å². The lowest BCUT2D eigenvalue weighted by Crippen LogP contribution is -2.14. The van der Waals surface area contributed by atoms with Crippen LogP contribution in [0.1, 0.15) is 28.7 Å². The van der Waals surface area contributed by atoms with Crippen LogP contribution < -0.4 is 5.32 Å². The summed E-state index contributed by atoms with van der Waals surface area (Å²) in [7, 11) is 0. The summed E-state index contributed by atoms with van der Waals surface area (Å²) < 4.78 is 24.2. The highest BCUT2D eigenvalue weighted by atomic mass is 35.5. The highest BCUT2D eigenvalue weighted by Gasteiger charge is 2.26. The van der Waals surface area contributed by atoms with E-state index in [1.807, 2.05) is 0 Å². The lowest BCUT2D eigenvalue weighted by molar-refractivity contribution is -0.142. The third kappa shape index (κ3) is 4.20. The number of amides is 1. The van der Waals surface area contributed by atoms with Crippen LogP contribution in [0.2, 0.25) is 5.02 Å². The van der Waals surface area contributed by atoms with Gasteiger partial charge in [0.1, 0.15) is 22.8 Å². The number of aromatic nitrogens is 2. The van der Waals surface area contributed by atoms with Crippen LogP contribution in [0.15, 0.2) is 28.1 Å². The van der Waals surface area contributed by atoms with Gasteiger partial charge in [-0.3, -0.25) is 14.9 Å². The molecule has 146 valence electrons. The Morgan fingerprint density at radius 1 is 1.39 bits per heavy atom. The minimum Gasteiger partial charge on any atom is -0.466 e. The molecular formula is C18H15ClFN3O4S. The maximum atomic E-state index is 14.3. The van der Waals surface area contributed by atoms with Crippen molar-refractivity contribution in [1.29, 1.82) is 0 Å². The molecule has 7 nitrogen and oxygen atoms in total. The predicted octanol–water partition coefficient (Wildman–Crippen LogP) is 4.26. The first-order valence-corrected chi connectivity index (χ1v) is 9.48. The van der Waals surface area contributed by atoms with Gasteiger partial charge < -0.3 is 9.26 Å². The highest BCUT2D eigenvalue weighted by molar-refractivity contribution is 7.14. The van der Waals surface area contributed by atoms with Crippen LogP contribution in [0.4, 0.5) is 9.52 Å². The summed E-state index contributed by atoms with van der Waals surface area (Å²) in [4.78, 5) is 28.5. The Bertz CT molecular complexity index is 1010. The molecule has 1 N–H and O–H groups in total. The van der Waals surface area contributed by atoms with Gasteiger partial charge in [-0.2, -0.15) is 0 Å². The van der Waals surface area contributed by atoms with Crippen molar-refractivity contribution < 1.29 is 23.2 Å². The number of hydrogen-bond acceptors (Lipinski definition) is 7. The molecule has 3 aromatic rings. The second-order valence-electron chi connectivity index (χ2n) is 5.64. The number of anilines is 1. The molecule has 0 fully saturated rings. The van der Waals surface area contributed by atoms with E-state index in [0.717, 1.165) is 11.3 Å². The second-order valence-corrected chi connectivity index (χ2v) is 6.90. The van der Waals surface area contributed by atoms with Crippen LogP contribution in [0.3, 0.4) is 0 Å². The molecule has 0 aliphatic heterocycles. The number of aryl methyl sites for hydroxylation is 1. The maximum absolute atomic E-state index is 14.3. The van der Waals surface area contributed by atoms with Crippen molar-refractivity contribution in [3.05, 3.63) is 51.4 Å². The summed E-state index contributed by atoms with van der Waals surface area (Å²) in [6.07, 6.45) is 0.00257. The summed E-state index contributed by atoms with van der Waals surface area (Å²) in [5.41, 5.74) is 0.502. The molecule has 0 saturated carbocycles. The predicted molar refractivity (Wildman–Crippen MR) is 102 cm³/mol. The molecular weight excluding hydrogens is 409 g/mol. The Morgan fingerprint density at radius 3 is 2.89 bits per heavy atom. The van der Waals surface area contributed by atoms with E-state index >= 15 is 0 Å². The Morgan fingerprint density at radius 2 is 2.18 bits per heavy atom. The SMILES string of the molecule is CCOC(=O)Cc1csc(NC(=O)c2c(-c3c(F)cccc3Cl)noc2C)n1. The van der Waals surface area contributed by atoms with Crippen molar-refractivity contribution in [2.24, 2.45) is 0 Å². The number of esters is 1. The van der Waals surface area contributed by atoms with Gasteiger partial charge in [0, 0.05) is 5.38 Å². The first-order chi connectivity index (χ1) is 13.4. The van der Waals surface area contributed by atoms with E-state index in [1.165, 1.54) is 25.1 Å². The van der Waals surface area contributed by atoms with E-state index in [2.05, 4.69) is 15.5 Å². The third-order valence-corrected chi connectivity index (χ3v) is 4.81. The van der Waals surface area contributed by atoms with Crippen LogP contribution in [-0.4, -0.2) is 28.6 Å². The van der Waals surface area contributed by atoms with Crippen molar-refractivity contribution in [2.45, 2.75) is 20.3 Å². The van der Waals surface area contributed by atoms with Gasteiger partial charge in [0.15, 0.2) is 5.13 Å². The lowest BCUT2D eigenvalue weighted by atomic mass is 10.1. The Balaban J connectivity index is 1.84. The van der Waals surface area contributed by atoms with E-state index in [4.69, 9.17) is 20.9 Å². The molecule has 3 rings (SSSR count). The van der Waals surface area contributed by atoms with Gasteiger partial charge in [-0.05, 0) is 26.0 Å². The van der Waals surface area contributed by atoms with Crippen molar-refractivity contribution in [3.8, 4) is 11.3 Å². The van der Waals surface area contributed by atoms with Gasteiger partial charge >= 0.3 is 5.97 Å². The van der Waals surface area contributed by atoms with Crippen LogP contribution in [0.25, 0.3) is 11.3 Å². The Labute approximate surface area is 168 Å². The van der Waals surface area contributed by atoms with Gasteiger partial charge in [-0.1, -0.05) is 22.8 Å². The average molecular weight is 424 g/mol. The minimum absolute atomic E-state index is 0.00130. The zero-order chi connectivity index (χ0) is 20.3. The zero-order valence-electron chi connectivity index (χ0n) is 14.9. The van der Waals surface area contributed by atoms with E-state index in [0.29, 0.717) is 5.69 Å². The number of carbonyl (C=O) groups is 2. The van der Waals surface area contributed by atoms with Crippen LogP contribution in [-0.2, 0) is 16.0 Å². The van der Waals surface area contributed by atoms with Gasteiger partial charge in [-0.15, -0.1) is 11.3 Å². The van der Waals surface area contributed by atoms with Gasteiger partial charge in [0.05, 0.1) is 29.3 Å². The van der Waals surface area contributed by atoms with Crippen LogP contribution in [0.5, 0.6) is 0 Å². The molecule has 2 aromatic heterocycles. The molecule has 0 radical (unpaired) electrons. The first kappa shape index (κ1) is 20.0. The first-order valence-electron chi connectivity index (χ1n) is 8.22. The number of hydrogen-bond donors (Lipinski definition) is 1. The molecule has 10 heteroatoms. The summed E-state index contributed by atoms with van der Waals surface area (Å²) in [6, 6.07) is 4.16. The summed E-state index contributed by atoms with van der Waals surface area (Å²) in [6.45, 7) is 3.53. The van der Waals surface area contributed by atoms with Gasteiger partial charge in [0.25, 0.3) is 5.91 Å². The highest BCUT2D eigenvalue weighted by Crippen LogP contribution is 2.33. The maximum Gasteiger partial charge on any atom is 0.311 e. The average Bonchev–Trinajstić information content (AvgIpc) is 3.21.